The number of ether oxygens (including phenoxy) is 2. The number of nitriles is 1. The minimum Gasteiger partial charge on any atom is -0.458 e. The molecule has 2 aromatic carbocycles. The summed E-state index contributed by atoms with van der Waals surface area (Å²) in [7, 11) is 0. The Kier molecular flexibility index (Phi) is 2.47. The second-order valence-corrected chi connectivity index (χ2v) is 3.86. The summed E-state index contributed by atoms with van der Waals surface area (Å²) in [5, 5.41) is 8.76. The molecule has 0 aromatic heterocycles. The minimum absolute atomic E-state index is 0.652. The molecule has 18 heavy (non-hydrogen) atoms. The fraction of sp³-hybridized carbons (Fsp3) is 0. The van der Waals surface area contributed by atoms with Gasteiger partial charge in [-0.05, 0) is 35.4 Å². The van der Waals surface area contributed by atoms with Crippen LogP contribution < -0.4 is 9.47 Å². The largest absolute Gasteiger partial charge is 0.458 e. The molecule has 1 aliphatic heterocycles. The first kappa shape index (κ1) is 10.4. The van der Waals surface area contributed by atoms with Gasteiger partial charge in [-0.1, -0.05) is 18.2 Å². The Morgan fingerprint density at radius 1 is 0.778 bits per heavy atom. The van der Waals surface area contributed by atoms with Crippen molar-refractivity contribution in [2.45, 2.75) is 0 Å². The second-order valence-electron chi connectivity index (χ2n) is 3.86. The van der Waals surface area contributed by atoms with E-state index in [0.29, 0.717) is 17.1 Å². The normalized spacial score (nSPS) is 11.9. The number of hydrogen-bond donors (Lipinski definition) is 0. The van der Waals surface area contributed by atoms with Crippen molar-refractivity contribution in [1.29, 1.82) is 5.26 Å². The molecule has 0 saturated carbocycles. The molecule has 3 nitrogen and oxygen atoms in total. The molecular weight excluding hydrogens is 226 g/mol. The van der Waals surface area contributed by atoms with E-state index in [1.165, 1.54) is 12.5 Å². The van der Waals surface area contributed by atoms with Crippen LogP contribution in [0.15, 0.2) is 55.0 Å². The van der Waals surface area contributed by atoms with E-state index in [-0.39, 0.29) is 0 Å². The van der Waals surface area contributed by atoms with E-state index in [1.54, 1.807) is 12.1 Å². The van der Waals surface area contributed by atoms with Gasteiger partial charge in [-0.2, -0.15) is 5.26 Å². The third-order valence-electron chi connectivity index (χ3n) is 2.74. The number of rotatable bonds is 1. The lowest BCUT2D eigenvalue weighted by molar-refractivity contribution is 0.362. The lowest BCUT2D eigenvalue weighted by atomic mass is 10.0. The van der Waals surface area contributed by atoms with Gasteiger partial charge >= 0.3 is 0 Å². The number of benzene rings is 2. The third kappa shape index (κ3) is 1.80. The third-order valence-corrected chi connectivity index (χ3v) is 2.74. The van der Waals surface area contributed by atoms with Gasteiger partial charge in [0.2, 0.25) is 0 Å². The molecule has 2 aromatic rings. The molecule has 0 atom stereocenters. The number of fused-ring (bicyclic) bond motifs is 1. The van der Waals surface area contributed by atoms with Crippen LogP contribution in [0.5, 0.6) is 11.5 Å². The second kappa shape index (κ2) is 4.27. The Morgan fingerprint density at radius 3 is 2.17 bits per heavy atom. The summed E-state index contributed by atoms with van der Waals surface area (Å²) in [6.07, 6.45) is 3.01. The van der Waals surface area contributed by atoms with Crippen molar-refractivity contribution in [3.63, 3.8) is 0 Å². The molecule has 1 heterocycles. The van der Waals surface area contributed by atoms with Crippen LogP contribution in [-0.2, 0) is 0 Å². The first-order valence-corrected chi connectivity index (χ1v) is 5.50. The van der Waals surface area contributed by atoms with Crippen molar-refractivity contribution in [2.75, 3.05) is 0 Å². The smallest absolute Gasteiger partial charge is 0.169 e. The summed E-state index contributed by atoms with van der Waals surface area (Å²) in [5.74, 6) is 1.40. The van der Waals surface area contributed by atoms with Gasteiger partial charge in [0.25, 0.3) is 0 Å². The predicted octanol–water partition coefficient (Wildman–Crippen LogP) is 3.47. The Bertz CT molecular complexity index is 651. The van der Waals surface area contributed by atoms with Gasteiger partial charge in [0, 0.05) is 0 Å². The fourth-order valence-corrected chi connectivity index (χ4v) is 1.82. The zero-order valence-electron chi connectivity index (χ0n) is 9.46. The van der Waals surface area contributed by atoms with E-state index in [2.05, 4.69) is 6.07 Å². The molecule has 1 aliphatic rings. The van der Waals surface area contributed by atoms with Crippen molar-refractivity contribution in [3.8, 4) is 28.7 Å². The first-order chi connectivity index (χ1) is 8.86. The number of hydrogen-bond acceptors (Lipinski definition) is 3. The number of nitrogens with zero attached hydrogens (tertiary/aromatic N) is 1. The molecular formula is C15H9NO2. The molecule has 0 aliphatic carbocycles. The lowest BCUT2D eigenvalue weighted by Crippen LogP contribution is -1.96. The van der Waals surface area contributed by atoms with Crippen molar-refractivity contribution in [2.24, 2.45) is 0 Å². The molecule has 0 saturated heterocycles. The summed E-state index contributed by atoms with van der Waals surface area (Å²) in [6.45, 7) is 0. The Balaban J connectivity index is 2.00. The predicted molar refractivity (Wildman–Crippen MR) is 67.0 cm³/mol. The Labute approximate surface area is 105 Å². The summed E-state index contributed by atoms with van der Waals surface area (Å²) < 4.78 is 10.7. The lowest BCUT2D eigenvalue weighted by Gasteiger charge is -2.13. The van der Waals surface area contributed by atoms with Crippen LogP contribution in [0.2, 0.25) is 0 Å². The van der Waals surface area contributed by atoms with E-state index in [1.807, 2.05) is 30.3 Å². The monoisotopic (exact) mass is 235 g/mol. The highest BCUT2D eigenvalue weighted by Crippen LogP contribution is 2.34. The van der Waals surface area contributed by atoms with Gasteiger partial charge in [0.05, 0.1) is 11.6 Å². The summed E-state index contributed by atoms with van der Waals surface area (Å²) in [5.41, 5.74) is 2.71. The topological polar surface area (TPSA) is 42.2 Å². The van der Waals surface area contributed by atoms with Gasteiger partial charge in [-0.25, -0.2) is 0 Å². The van der Waals surface area contributed by atoms with Crippen LogP contribution in [0.3, 0.4) is 0 Å². The summed E-state index contributed by atoms with van der Waals surface area (Å²) >= 11 is 0. The maximum Gasteiger partial charge on any atom is 0.169 e. The first-order valence-electron chi connectivity index (χ1n) is 5.50. The van der Waals surface area contributed by atoms with Crippen molar-refractivity contribution in [1.82, 2.24) is 0 Å². The molecule has 0 fully saturated rings. The zero-order valence-corrected chi connectivity index (χ0v) is 9.46. The minimum atomic E-state index is 0.652. The molecule has 0 amide bonds. The van der Waals surface area contributed by atoms with Gasteiger partial charge in [0.1, 0.15) is 12.5 Å². The quantitative estimate of drug-likeness (QED) is 0.760. The van der Waals surface area contributed by atoms with E-state index in [0.717, 1.165) is 11.1 Å². The van der Waals surface area contributed by atoms with Gasteiger partial charge in [-0.3, -0.25) is 0 Å². The summed E-state index contributed by atoms with van der Waals surface area (Å²) in [6, 6.07) is 15.3. The van der Waals surface area contributed by atoms with Gasteiger partial charge in [-0.15, -0.1) is 0 Å². The standard InChI is InChI=1S/C15H9NO2/c16-10-11-1-3-12(4-2-11)13-5-6-14-15(9-13)18-8-7-17-14/h1-9H. The van der Waals surface area contributed by atoms with E-state index in [9.17, 15) is 0 Å². The Hall–Kier alpha value is -2.73. The van der Waals surface area contributed by atoms with E-state index >= 15 is 0 Å². The maximum absolute atomic E-state index is 8.76. The highest BCUT2D eigenvalue weighted by Gasteiger charge is 2.09. The highest BCUT2D eigenvalue weighted by atomic mass is 16.5. The van der Waals surface area contributed by atoms with E-state index < -0.39 is 0 Å². The van der Waals surface area contributed by atoms with Crippen LogP contribution in [-0.4, -0.2) is 0 Å². The average Bonchev–Trinajstić information content (AvgIpc) is 2.47. The molecule has 86 valence electrons. The van der Waals surface area contributed by atoms with Crippen LogP contribution in [0.25, 0.3) is 11.1 Å². The van der Waals surface area contributed by atoms with Crippen molar-refractivity contribution >= 4 is 0 Å². The van der Waals surface area contributed by atoms with Crippen molar-refractivity contribution < 1.29 is 9.47 Å². The molecule has 3 rings (SSSR count). The maximum atomic E-state index is 8.76. The molecule has 0 spiro atoms. The highest BCUT2D eigenvalue weighted by molar-refractivity contribution is 5.68. The van der Waals surface area contributed by atoms with Crippen LogP contribution in [0, 0.1) is 11.3 Å². The zero-order chi connectivity index (χ0) is 12.4. The summed E-state index contributed by atoms with van der Waals surface area (Å²) in [4.78, 5) is 0. The molecule has 0 radical (unpaired) electrons. The van der Waals surface area contributed by atoms with Crippen LogP contribution in [0.1, 0.15) is 5.56 Å². The van der Waals surface area contributed by atoms with Crippen LogP contribution in [0.4, 0.5) is 0 Å². The molecule has 0 N–H and O–H groups in total. The SMILES string of the molecule is N#Cc1ccc(-c2ccc3c(c2)OC=CO3)cc1. The molecule has 0 bridgehead atoms. The van der Waals surface area contributed by atoms with Crippen molar-refractivity contribution in [3.05, 3.63) is 60.6 Å². The van der Waals surface area contributed by atoms with Gasteiger partial charge in [0.15, 0.2) is 11.5 Å². The average molecular weight is 235 g/mol. The van der Waals surface area contributed by atoms with Gasteiger partial charge < -0.3 is 9.47 Å². The fourth-order valence-electron chi connectivity index (χ4n) is 1.82. The molecule has 3 heteroatoms. The van der Waals surface area contributed by atoms with Crippen LogP contribution >= 0.6 is 0 Å². The molecule has 0 unspecified atom stereocenters. The Morgan fingerprint density at radius 2 is 1.44 bits per heavy atom. The van der Waals surface area contributed by atoms with E-state index in [4.69, 9.17) is 14.7 Å².